The molecule has 2 heterocycles. The summed E-state index contributed by atoms with van der Waals surface area (Å²) in [4.78, 5) is 16.4. The van der Waals surface area contributed by atoms with E-state index in [1.807, 2.05) is 45.5 Å². The Morgan fingerprint density at radius 2 is 2.18 bits per heavy atom. The summed E-state index contributed by atoms with van der Waals surface area (Å²) in [7, 11) is 2.04. The van der Waals surface area contributed by atoms with Crippen molar-refractivity contribution in [3.63, 3.8) is 0 Å². The molecule has 0 aliphatic rings. The molecule has 22 heavy (non-hydrogen) atoms. The van der Waals surface area contributed by atoms with Crippen LogP contribution in [0.25, 0.3) is 0 Å². The largest absolute Gasteiger partial charge is 0.354 e. The molecule has 0 aliphatic heterocycles. The average Bonchev–Trinajstić information content (AvgIpc) is 3.05. The molecule has 2 atom stereocenters. The molecule has 0 unspecified atom stereocenters. The third-order valence-corrected chi connectivity index (χ3v) is 4.48. The van der Waals surface area contributed by atoms with Crippen LogP contribution in [0.15, 0.2) is 23.7 Å². The monoisotopic (exact) mass is 320 g/mol. The second-order valence-corrected chi connectivity index (χ2v) is 6.74. The van der Waals surface area contributed by atoms with Gasteiger partial charge in [-0.25, -0.2) is 9.78 Å². The van der Waals surface area contributed by atoms with Crippen LogP contribution in [0.1, 0.15) is 42.7 Å². The number of hydrogen-bond donors (Lipinski definition) is 2. The van der Waals surface area contributed by atoms with Gasteiger partial charge >= 0.3 is 6.03 Å². The molecule has 0 fully saturated rings. The number of urea groups is 1. The highest BCUT2D eigenvalue weighted by molar-refractivity contribution is 7.09. The normalized spacial score (nSPS) is 13.6. The Balaban J connectivity index is 1.75. The van der Waals surface area contributed by atoms with Gasteiger partial charge in [-0.3, -0.25) is 0 Å². The molecule has 0 aromatic carbocycles. The number of carbonyl (C=O) groups excluding carboxylic acids is 1. The lowest BCUT2D eigenvalue weighted by molar-refractivity contribution is 0.234. The third kappa shape index (κ3) is 4.59. The van der Waals surface area contributed by atoms with Crippen LogP contribution in [0.4, 0.5) is 4.79 Å². The van der Waals surface area contributed by atoms with E-state index >= 15 is 0 Å². The summed E-state index contributed by atoms with van der Waals surface area (Å²) in [6, 6.07) is 4.05. The molecule has 120 valence electrons. The zero-order valence-electron chi connectivity index (χ0n) is 13.6. The van der Waals surface area contributed by atoms with Crippen LogP contribution in [-0.2, 0) is 13.5 Å². The van der Waals surface area contributed by atoms with Gasteiger partial charge in [-0.1, -0.05) is 0 Å². The maximum Gasteiger partial charge on any atom is 0.315 e. The number of hydrogen-bond acceptors (Lipinski definition) is 3. The summed E-state index contributed by atoms with van der Waals surface area (Å²) >= 11 is 1.60. The summed E-state index contributed by atoms with van der Waals surface area (Å²) in [6.07, 6.45) is 3.90. The van der Waals surface area contributed by atoms with Crippen LogP contribution in [0.5, 0.6) is 0 Å². The molecule has 2 aromatic rings. The molecule has 2 N–H and O–H groups in total. The Bertz CT molecular complexity index is 619. The van der Waals surface area contributed by atoms with Gasteiger partial charge in [-0.15, -0.1) is 11.3 Å². The highest BCUT2D eigenvalue weighted by Crippen LogP contribution is 2.15. The molecule has 5 nitrogen and oxygen atoms in total. The molecule has 0 spiro atoms. The van der Waals surface area contributed by atoms with Crippen LogP contribution in [0, 0.1) is 6.92 Å². The fraction of sp³-hybridized carbons (Fsp3) is 0.500. The summed E-state index contributed by atoms with van der Waals surface area (Å²) in [6.45, 7) is 5.94. The van der Waals surface area contributed by atoms with Gasteiger partial charge in [0.25, 0.3) is 0 Å². The Morgan fingerprint density at radius 1 is 1.41 bits per heavy atom. The van der Waals surface area contributed by atoms with Crippen LogP contribution in [-0.4, -0.2) is 21.6 Å². The van der Waals surface area contributed by atoms with E-state index in [4.69, 9.17) is 0 Å². The summed E-state index contributed by atoms with van der Waals surface area (Å²) < 4.78 is 2.11. The van der Waals surface area contributed by atoms with Gasteiger partial charge in [0.2, 0.25) is 0 Å². The summed E-state index contributed by atoms with van der Waals surface area (Å²) in [5.74, 6) is 0. The fourth-order valence-corrected chi connectivity index (χ4v) is 3.01. The van der Waals surface area contributed by atoms with Crippen molar-refractivity contribution >= 4 is 17.4 Å². The minimum atomic E-state index is -0.141. The first kappa shape index (κ1) is 16.5. The van der Waals surface area contributed by atoms with Crippen LogP contribution >= 0.6 is 11.3 Å². The molecule has 0 aliphatic carbocycles. The number of thiazole rings is 1. The van der Waals surface area contributed by atoms with Crippen molar-refractivity contribution in [3.8, 4) is 0 Å². The predicted molar refractivity (Wildman–Crippen MR) is 90.1 cm³/mol. The van der Waals surface area contributed by atoms with Crippen LogP contribution in [0.2, 0.25) is 0 Å². The molecule has 0 saturated carbocycles. The smallest absolute Gasteiger partial charge is 0.315 e. The van der Waals surface area contributed by atoms with E-state index in [-0.39, 0.29) is 18.1 Å². The molecule has 6 heteroatoms. The van der Waals surface area contributed by atoms with Crippen molar-refractivity contribution < 1.29 is 4.79 Å². The molecular weight excluding hydrogens is 296 g/mol. The predicted octanol–water partition coefficient (Wildman–Crippen LogP) is 3.17. The van der Waals surface area contributed by atoms with Gasteiger partial charge in [0.15, 0.2) is 0 Å². The van der Waals surface area contributed by atoms with E-state index < -0.39 is 0 Å². The van der Waals surface area contributed by atoms with E-state index in [9.17, 15) is 4.79 Å². The minimum absolute atomic E-state index is 0.0787. The minimum Gasteiger partial charge on any atom is -0.354 e. The molecule has 2 amide bonds. The third-order valence-electron chi connectivity index (χ3n) is 3.69. The van der Waals surface area contributed by atoms with Gasteiger partial charge in [0.1, 0.15) is 0 Å². The first-order valence-electron chi connectivity index (χ1n) is 7.55. The highest BCUT2D eigenvalue weighted by Gasteiger charge is 2.14. The van der Waals surface area contributed by atoms with Gasteiger partial charge in [-0.2, -0.15) is 0 Å². The topological polar surface area (TPSA) is 59.0 Å². The Morgan fingerprint density at radius 3 is 2.77 bits per heavy atom. The van der Waals surface area contributed by atoms with E-state index in [1.54, 1.807) is 11.3 Å². The maximum absolute atomic E-state index is 12.0. The average molecular weight is 320 g/mol. The lowest BCUT2D eigenvalue weighted by Crippen LogP contribution is -2.42. The van der Waals surface area contributed by atoms with E-state index in [2.05, 4.69) is 26.3 Å². The van der Waals surface area contributed by atoms with Crippen molar-refractivity contribution in [2.45, 2.75) is 45.7 Å². The first-order chi connectivity index (χ1) is 10.5. The molecule has 0 bridgehead atoms. The lowest BCUT2D eigenvalue weighted by atomic mass is 10.1. The van der Waals surface area contributed by atoms with Gasteiger partial charge in [-0.05, 0) is 45.7 Å². The van der Waals surface area contributed by atoms with Crippen molar-refractivity contribution in [2.24, 2.45) is 7.05 Å². The SMILES string of the molecule is Cc1nc([C@H](C)NC(=O)N[C@H](C)CCc2cccn2C)cs1. The van der Waals surface area contributed by atoms with E-state index in [0.717, 1.165) is 23.5 Å². The number of amides is 2. The number of nitrogens with zero attached hydrogens (tertiary/aromatic N) is 2. The summed E-state index contributed by atoms with van der Waals surface area (Å²) in [5, 5.41) is 8.92. The van der Waals surface area contributed by atoms with Gasteiger partial charge in [0.05, 0.1) is 16.7 Å². The summed E-state index contributed by atoms with van der Waals surface area (Å²) in [5.41, 5.74) is 2.19. The molecule has 0 radical (unpaired) electrons. The van der Waals surface area contributed by atoms with Crippen LogP contribution < -0.4 is 10.6 Å². The maximum atomic E-state index is 12.0. The van der Waals surface area contributed by atoms with Crippen molar-refractivity contribution in [1.82, 2.24) is 20.2 Å². The Labute approximate surface area is 135 Å². The number of carbonyl (C=O) groups is 1. The van der Waals surface area contributed by atoms with E-state index in [0.29, 0.717) is 0 Å². The second kappa shape index (κ2) is 7.45. The molecule has 2 rings (SSSR count). The fourth-order valence-electron chi connectivity index (χ4n) is 2.31. The molecule has 0 saturated heterocycles. The van der Waals surface area contributed by atoms with Crippen molar-refractivity contribution in [1.29, 1.82) is 0 Å². The van der Waals surface area contributed by atoms with Gasteiger partial charge < -0.3 is 15.2 Å². The number of aromatic nitrogens is 2. The number of aryl methyl sites for hydroxylation is 3. The van der Waals surface area contributed by atoms with Crippen LogP contribution in [0.3, 0.4) is 0 Å². The molecular formula is C16H24N4OS. The van der Waals surface area contributed by atoms with Crippen molar-refractivity contribution in [3.05, 3.63) is 40.1 Å². The Hall–Kier alpha value is -1.82. The highest BCUT2D eigenvalue weighted by atomic mass is 32.1. The number of rotatable bonds is 6. The standard InChI is InChI=1S/C16H24N4OS/c1-11(7-8-14-6-5-9-20(14)4)17-16(21)18-12(2)15-10-22-13(3)19-15/h5-6,9-12H,7-8H2,1-4H3,(H2,17,18,21)/t11-,12+/m1/s1. The quantitative estimate of drug-likeness (QED) is 0.859. The zero-order valence-corrected chi connectivity index (χ0v) is 14.4. The number of nitrogens with one attached hydrogen (secondary N) is 2. The second-order valence-electron chi connectivity index (χ2n) is 5.68. The lowest BCUT2D eigenvalue weighted by Gasteiger charge is -2.17. The molecule has 2 aromatic heterocycles. The Kier molecular flexibility index (Phi) is 5.60. The van der Waals surface area contributed by atoms with E-state index in [1.165, 1.54) is 5.69 Å². The van der Waals surface area contributed by atoms with Crippen molar-refractivity contribution in [2.75, 3.05) is 0 Å². The van der Waals surface area contributed by atoms with Gasteiger partial charge in [0, 0.05) is 30.4 Å². The zero-order chi connectivity index (χ0) is 16.1. The first-order valence-corrected chi connectivity index (χ1v) is 8.43.